The van der Waals surface area contributed by atoms with Crippen LogP contribution in [0.5, 0.6) is 0 Å². The summed E-state index contributed by atoms with van der Waals surface area (Å²) in [6, 6.07) is 21.4. The second kappa shape index (κ2) is 10.9. The van der Waals surface area contributed by atoms with Crippen LogP contribution in [-0.2, 0) is 11.3 Å². The second-order valence-electron chi connectivity index (χ2n) is 10.9. The van der Waals surface area contributed by atoms with Crippen molar-refractivity contribution in [2.75, 3.05) is 13.1 Å². The number of ketones is 1. The van der Waals surface area contributed by atoms with Crippen molar-refractivity contribution in [2.45, 2.75) is 33.0 Å². The fourth-order valence-corrected chi connectivity index (χ4v) is 6.24. The van der Waals surface area contributed by atoms with Crippen molar-refractivity contribution in [3.8, 4) is 22.3 Å². The van der Waals surface area contributed by atoms with E-state index in [2.05, 4.69) is 4.98 Å². The molecule has 0 radical (unpaired) electrons. The van der Waals surface area contributed by atoms with Crippen LogP contribution in [0.4, 0.5) is 14.5 Å². The van der Waals surface area contributed by atoms with Crippen LogP contribution in [0.25, 0.3) is 33.2 Å². The maximum absolute atomic E-state index is 16.2. The average molecular weight is 585 g/mol. The molecule has 2 aromatic heterocycles. The van der Waals surface area contributed by atoms with Gasteiger partial charge in [-0.25, -0.2) is 13.7 Å². The third-order valence-electron chi connectivity index (χ3n) is 8.23. The van der Waals surface area contributed by atoms with Gasteiger partial charge < -0.3 is 4.57 Å². The number of halogens is 3. The summed E-state index contributed by atoms with van der Waals surface area (Å²) in [4.78, 5) is 31.2. The first-order chi connectivity index (χ1) is 20.2. The van der Waals surface area contributed by atoms with Gasteiger partial charge >= 0.3 is 5.91 Å². The summed E-state index contributed by atoms with van der Waals surface area (Å²) in [5, 5.41) is 1.09. The Kier molecular flexibility index (Phi) is 7.25. The van der Waals surface area contributed by atoms with Gasteiger partial charge in [-0.3, -0.25) is 9.78 Å². The van der Waals surface area contributed by atoms with Gasteiger partial charge in [-0.2, -0.15) is 4.39 Å². The number of aryl methyl sites for hydroxylation is 1. The van der Waals surface area contributed by atoms with Crippen LogP contribution in [0, 0.1) is 12.7 Å². The topological polar surface area (TPSA) is 52.0 Å². The fraction of sp³-hybridized carbons (Fsp3) is 0.206. The molecule has 0 bridgehead atoms. The number of pyridine rings is 1. The Labute approximate surface area is 247 Å². The van der Waals surface area contributed by atoms with Crippen molar-refractivity contribution in [2.24, 2.45) is 0 Å². The second-order valence-corrected chi connectivity index (χ2v) is 11.3. The molecule has 3 heterocycles. The van der Waals surface area contributed by atoms with E-state index in [-0.39, 0.29) is 49.0 Å². The van der Waals surface area contributed by atoms with Crippen LogP contribution in [0.3, 0.4) is 0 Å². The van der Waals surface area contributed by atoms with E-state index in [9.17, 15) is 14.0 Å². The van der Waals surface area contributed by atoms with Crippen molar-refractivity contribution in [1.82, 2.24) is 14.0 Å². The van der Waals surface area contributed by atoms with Crippen molar-refractivity contribution in [1.29, 1.82) is 0 Å². The predicted molar refractivity (Wildman–Crippen MR) is 163 cm³/mol. The molecule has 5 nitrogen and oxygen atoms in total. The number of quaternary nitrogens is 1. The molecule has 42 heavy (non-hydrogen) atoms. The van der Waals surface area contributed by atoms with Gasteiger partial charge in [-0.1, -0.05) is 54.1 Å². The quantitative estimate of drug-likeness (QED) is 0.150. The molecule has 1 unspecified atom stereocenters. The molecule has 0 spiro atoms. The highest BCUT2D eigenvalue weighted by Crippen LogP contribution is 2.40. The van der Waals surface area contributed by atoms with Crippen LogP contribution < -0.4 is 4.48 Å². The molecule has 1 aliphatic heterocycles. The Morgan fingerprint density at radius 2 is 1.79 bits per heavy atom. The fourth-order valence-electron chi connectivity index (χ4n) is 6.01. The van der Waals surface area contributed by atoms with Crippen LogP contribution in [0.15, 0.2) is 85.2 Å². The molecule has 1 amide bonds. The number of amides is 1. The first-order valence-electron chi connectivity index (χ1n) is 13.8. The normalized spacial score (nSPS) is 18.5. The lowest BCUT2D eigenvalue weighted by atomic mass is 10.0. The number of fused-ring (bicyclic) bond motifs is 1. The molecule has 1 fully saturated rings. The lowest BCUT2D eigenvalue weighted by molar-refractivity contribution is -0.130. The lowest BCUT2D eigenvalue weighted by Crippen LogP contribution is -2.54. The Morgan fingerprint density at radius 3 is 2.48 bits per heavy atom. The third kappa shape index (κ3) is 4.82. The maximum Gasteiger partial charge on any atom is 0.338 e. The van der Waals surface area contributed by atoms with E-state index in [0.717, 1.165) is 16.8 Å². The molecule has 6 rings (SSSR count). The van der Waals surface area contributed by atoms with Crippen LogP contribution in [0.1, 0.15) is 29.4 Å². The number of likely N-dealkylation sites (tertiary alicyclic amines) is 1. The molecule has 212 valence electrons. The number of aromatic nitrogens is 2. The maximum atomic E-state index is 16.2. The molecule has 1 saturated heterocycles. The van der Waals surface area contributed by atoms with Gasteiger partial charge in [0, 0.05) is 68.8 Å². The lowest BCUT2D eigenvalue weighted by Gasteiger charge is -2.31. The summed E-state index contributed by atoms with van der Waals surface area (Å²) in [5.74, 6) is -1.09. The van der Waals surface area contributed by atoms with E-state index in [4.69, 9.17) is 11.6 Å². The number of benzene rings is 3. The van der Waals surface area contributed by atoms with Crippen LogP contribution in [0.2, 0.25) is 5.02 Å². The number of rotatable bonds is 6. The molecule has 0 saturated carbocycles. The van der Waals surface area contributed by atoms with Crippen LogP contribution >= 0.6 is 11.6 Å². The Balaban J connectivity index is 1.42. The molecule has 8 heteroatoms. The minimum Gasteiger partial charge on any atom is -0.333 e. The van der Waals surface area contributed by atoms with Gasteiger partial charge in [0.2, 0.25) is 0 Å². The van der Waals surface area contributed by atoms with E-state index in [1.165, 1.54) is 6.92 Å². The highest BCUT2D eigenvalue weighted by Gasteiger charge is 2.48. The summed E-state index contributed by atoms with van der Waals surface area (Å²) in [7, 11) is 0. The summed E-state index contributed by atoms with van der Waals surface area (Å²) in [5.41, 5.74) is 4.75. The largest absolute Gasteiger partial charge is 0.338 e. The summed E-state index contributed by atoms with van der Waals surface area (Å²) in [6.07, 6.45) is 2.33. The van der Waals surface area contributed by atoms with E-state index < -0.39 is 16.5 Å². The SMILES string of the molecule is CC(=O)c1cn(CC(=O)[N+]2(c3cccc(-c4ccccc4Cl)c3F)CC[C@@H](F)C2)c2ccc(-c3ccc(C)nc3)cc12. The standard InChI is InChI=1S/C34H29ClF2N3O2/c1-21-10-11-24(17-38-21)23-12-13-31-28(16-23)29(22(2)41)18-39(31)19-33(42)40(15-14-25(36)20-40)32-9-5-7-27(34(32)37)26-6-3-4-8-30(26)35/h3-13,16-18,25H,14-15,19-20H2,1-2H3/q+1/t25-,40?/m1/s1. The predicted octanol–water partition coefficient (Wildman–Crippen LogP) is 7.95. The van der Waals surface area contributed by atoms with Crippen molar-refractivity contribution in [3.63, 3.8) is 0 Å². The molecule has 5 aromatic rings. The van der Waals surface area contributed by atoms with Crippen molar-refractivity contribution in [3.05, 3.63) is 107 Å². The van der Waals surface area contributed by atoms with Crippen molar-refractivity contribution < 1.29 is 18.4 Å². The van der Waals surface area contributed by atoms with Gasteiger partial charge in [0.25, 0.3) is 0 Å². The van der Waals surface area contributed by atoms with Gasteiger partial charge in [0.05, 0.1) is 6.54 Å². The molecule has 2 atom stereocenters. The number of hydrogen-bond donors (Lipinski definition) is 0. The summed E-state index contributed by atoms with van der Waals surface area (Å²) >= 11 is 6.38. The Hall–Kier alpha value is -4.20. The molecular weight excluding hydrogens is 556 g/mol. The first kappa shape index (κ1) is 27.9. The number of carbonyl (C=O) groups excluding carboxylic acids is 2. The number of carbonyl (C=O) groups is 2. The molecule has 1 aliphatic rings. The molecule has 0 N–H and O–H groups in total. The first-order valence-corrected chi connectivity index (χ1v) is 14.2. The van der Waals surface area contributed by atoms with Gasteiger partial charge in [0.1, 0.15) is 13.1 Å². The molecule has 0 aliphatic carbocycles. The minimum atomic E-state index is -1.25. The van der Waals surface area contributed by atoms with E-state index in [1.807, 2.05) is 37.3 Å². The smallest absolute Gasteiger partial charge is 0.333 e. The highest BCUT2D eigenvalue weighted by molar-refractivity contribution is 6.33. The molecular formula is C34H29ClF2N3O2+. The van der Waals surface area contributed by atoms with Crippen molar-refractivity contribution >= 4 is 39.9 Å². The van der Waals surface area contributed by atoms with Crippen LogP contribution in [-0.4, -0.2) is 40.5 Å². The van der Waals surface area contributed by atoms with Gasteiger partial charge in [-0.15, -0.1) is 0 Å². The summed E-state index contributed by atoms with van der Waals surface area (Å²) in [6.45, 7) is 3.21. The van der Waals surface area contributed by atoms with Gasteiger partial charge in [0.15, 0.2) is 23.5 Å². The zero-order valence-corrected chi connectivity index (χ0v) is 24.0. The minimum absolute atomic E-state index is 0.120. The highest BCUT2D eigenvalue weighted by atomic mass is 35.5. The van der Waals surface area contributed by atoms with E-state index in [1.54, 1.807) is 59.4 Å². The number of Topliss-reactive ketones (excluding diaryl/α,β-unsaturated/α-hetero) is 1. The zero-order valence-electron chi connectivity index (χ0n) is 23.3. The number of alkyl halides is 1. The Bertz CT molecular complexity index is 1850. The van der Waals surface area contributed by atoms with E-state index >= 15 is 4.39 Å². The third-order valence-corrected chi connectivity index (χ3v) is 8.56. The monoisotopic (exact) mass is 584 g/mol. The Morgan fingerprint density at radius 1 is 1.02 bits per heavy atom. The number of hydrogen-bond acceptors (Lipinski definition) is 3. The number of nitrogens with zero attached hydrogens (tertiary/aromatic N) is 3. The zero-order chi connectivity index (χ0) is 29.6. The van der Waals surface area contributed by atoms with E-state index in [0.29, 0.717) is 27.1 Å². The van der Waals surface area contributed by atoms with Gasteiger partial charge in [-0.05, 0) is 43.7 Å². The summed E-state index contributed by atoms with van der Waals surface area (Å²) < 4.78 is 32.3. The average Bonchev–Trinajstić information content (AvgIpc) is 3.55. The molecule has 3 aromatic carbocycles.